The molecule has 18 heavy (non-hydrogen) atoms. The summed E-state index contributed by atoms with van der Waals surface area (Å²) >= 11 is 0. The molecule has 1 atom stereocenters. The second-order valence-corrected chi connectivity index (χ2v) is 5.41. The molecule has 0 aliphatic carbocycles. The maximum absolute atomic E-state index is 10.9. The maximum Gasteiger partial charge on any atom is 0.147 e. The summed E-state index contributed by atoms with van der Waals surface area (Å²) in [5.74, 6) is 2.43. The molecule has 2 aliphatic rings. The highest BCUT2D eigenvalue weighted by Crippen LogP contribution is 2.19. The van der Waals surface area contributed by atoms with E-state index in [4.69, 9.17) is 0 Å². The highest BCUT2D eigenvalue weighted by Gasteiger charge is 2.22. The molecule has 1 unspecified atom stereocenters. The SMILES string of the molecule is O=CC1CCCN(Cc2nnc3n2CCCC3)C1. The zero-order chi connectivity index (χ0) is 12.4. The second-order valence-electron chi connectivity index (χ2n) is 5.41. The van der Waals surface area contributed by atoms with Crippen LogP contribution in [0.3, 0.4) is 0 Å². The van der Waals surface area contributed by atoms with E-state index >= 15 is 0 Å². The topological polar surface area (TPSA) is 51.0 Å². The van der Waals surface area contributed by atoms with Gasteiger partial charge in [0, 0.05) is 25.4 Å². The molecule has 5 nitrogen and oxygen atoms in total. The molecule has 3 heterocycles. The van der Waals surface area contributed by atoms with Gasteiger partial charge in [-0.25, -0.2) is 0 Å². The quantitative estimate of drug-likeness (QED) is 0.750. The van der Waals surface area contributed by atoms with E-state index in [1.54, 1.807) is 0 Å². The summed E-state index contributed by atoms with van der Waals surface area (Å²) in [5, 5.41) is 8.60. The molecular formula is C13H20N4O. The molecule has 0 N–H and O–H groups in total. The average molecular weight is 248 g/mol. The molecule has 0 bridgehead atoms. The van der Waals surface area contributed by atoms with E-state index in [-0.39, 0.29) is 5.92 Å². The fourth-order valence-electron chi connectivity index (χ4n) is 3.03. The number of rotatable bonds is 3. The van der Waals surface area contributed by atoms with Crippen molar-refractivity contribution in [3.8, 4) is 0 Å². The summed E-state index contributed by atoms with van der Waals surface area (Å²) in [7, 11) is 0. The lowest BCUT2D eigenvalue weighted by Crippen LogP contribution is -2.36. The number of carbonyl (C=O) groups is 1. The van der Waals surface area contributed by atoms with E-state index in [2.05, 4.69) is 19.7 Å². The number of aromatic nitrogens is 3. The van der Waals surface area contributed by atoms with Gasteiger partial charge in [0.15, 0.2) is 0 Å². The van der Waals surface area contributed by atoms with Gasteiger partial charge in [0.1, 0.15) is 17.9 Å². The third kappa shape index (κ3) is 2.32. The van der Waals surface area contributed by atoms with Crippen molar-refractivity contribution in [1.29, 1.82) is 0 Å². The zero-order valence-corrected chi connectivity index (χ0v) is 10.7. The van der Waals surface area contributed by atoms with Crippen LogP contribution in [0.2, 0.25) is 0 Å². The van der Waals surface area contributed by atoms with E-state index in [0.29, 0.717) is 0 Å². The summed E-state index contributed by atoms with van der Waals surface area (Å²) in [5.41, 5.74) is 0. The molecule has 0 spiro atoms. The lowest BCUT2D eigenvalue weighted by molar-refractivity contribution is -0.112. The summed E-state index contributed by atoms with van der Waals surface area (Å²) in [6, 6.07) is 0. The van der Waals surface area contributed by atoms with Crippen LogP contribution >= 0.6 is 0 Å². The van der Waals surface area contributed by atoms with E-state index in [1.807, 2.05) is 0 Å². The minimum Gasteiger partial charge on any atom is -0.314 e. The van der Waals surface area contributed by atoms with Crippen molar-refractivity contribution in [2.45, 2.75) is 45.2 Å². The van der Waals surface area contributed by atoms with Crippen molar-refractivity contribution in [3.05, 3.63) is 11.6 Å². The Hall–Kier alpha value is -1.23. The van der Waals surface area contributed by atoms with Crippen molar-refractivity contribution in [3.63, 3.8) is 0 Å². The van der Waals surface area contributed by atoms with Gasteiger partial charge in [0.25, 0.3) is 0 Å². The minimum absolute atomic E-state index is 0.211. The third-order valence-corrected chi connectivity index (χ3v) is 4.04. The average Bonchev–Trinajstić information content (AvgIpc) is 2.83. The highest BCUT2D eigenvalue weighted by atomic mass is 16.1. The summed E-state index contributed by atoms with van der Waals surface area (Å²) in [6.45, 7) is 3.86. The van der Waals surface area contributed by atoms with Crippen LogP contribution in [-0.2, 0) is 24.3 Å². The number of nitrogens with zero attached hydrogens (tertiary/aromatic N) is 4. The number of aryl methyl sites for hydroxylation is 1. The van der Waals surface area contributed by atoms with E-state index in [9.17, 15) is 4.79 Å². The second kappa shape index (κ2) is 5.18. The minimum atomic E-state index is 0.211. The van der Waals surface area contributed by atoms with Gasteiger partial charge in [-0.1, -0.05) is 0 Å². The fourth-order valence-corrected chi connectivity index (χ4v) is 3.03. The Morgan fingerprint density at radius 1 is 1.22 bits per heavy atom. The number of hydrogen-bond acceptors (Lipinski definition) is 4. The van der Waals surface area contributed by atoms with Crippen molar-refractivity contribution < 1.29 is 4.79 Å². The number of likely N-dealkylation sites (tertiary alicyclic amines) is 1. The molecule has 0 saturated carbocycles. The van der Waals surface area contributed by atoms with Gasteiger partial charge in [0.2, 0.25) is 0 Å². The van der Waals surface area contributed by atoms with Crippen molar-refractivity contribution in [2.24, 2.45) is 5.92 Å². The van der Waals surface area contributed by atoms with Crippen LogP contribution in [-0.4, -0.2) is 39.0 Å². The molecule has 0 amide bonds. The molecule has 5 heteroatoms. The molecule has 0 radical (unpaired) electrons. The Bertz CT molecular complexity index is 429. The monoisotopic (exact) mass is 248 g/mol. The standard InChI is InChI=1S/C13H20N4O/c18-10-11-4-3-6-16(8-11)9-13-15-14-12-5-1-2-7-17(12)13/h10-11H,1-9H2. The first-order valence-electron chi connectivity index (χ1n) is 6.95. The zero-order valence-electron chi connectivity index (χ0n) is 10.7. The van der Waals surface area contributed by atoms with Crippen molar-refractivity contribution in [2.75, 3.05) is 13.1 Å². The molecule has 1 aromatic rings. The number of aldehydes is 1. The van der Waals surface area contributed by atoms with Crippen LogP contribution < -0.4 is 0 Å². The van der Waals surface area contributed by atoms with Crippen LogP contribution in [0.15, 0.2) is 0 Å². The van der Waals surface area contributed by atoms with E-state index in [1.165, 1.54) is 12.8 Å². The Labute approximate surface area is 107 Å². The molecule has 1 fully saturated rings. The largest absolute Gasteiger partial charge is 0.314 e. The number of hydrogen-bond donors (Lipinski definition) is 0. The lowest BCUT2D eigenvalue weighted by atomic mass is 10.00. The number of carbonyl (C=O) groups excluding carboxylic acids is 1. The Kier molecular flexibility index (Phi) is 3.41. The van der Waals surface area contributed by atoms with Gasteiger partial charge in [-0.3, -0.25) is 4.90 Å². The number of fused-ring (bicyclic) bond motifs is 1. The van der Waals surface area contributed by atoms with Crippen LogP contribution in [0.1, 0.15) is 37.3 Å². The van der Waals surface area contributed by atoms with Gasteiger partial charge < -0.3 is 9.36 Å². The maximum atomic E-state index is 10.9. The van der Waals surface area contributed by atoms with Crippen molar-refractivity contribution >= 4 is 6.29 Å². The predicted molar refractivity (Wildman–Crippen MR) is 67.0 cm³/mol. The molecule has 98 valence electrons. The van der Waals surface area contributed by atoms with Crippen LogP contribution in [0.4, 0.5) is 0 Å². The Balaban J connectivity index is 1.68. The van der Waals surface area contributed by atoms with Crippen LogP contribution in [0.5, 0.6) is 0 Å². The first-order chi connectivity index (χ1) is 8.86. The van der Waals surface area contributed by atoms with E-state index in [0.717, 1.165) is 63.4 Å². The predicted octanol–water partition coefficient (Wildman–Crippen LogP) is 1.03. The summed E-state index contributed by atoms with van der Waals surface area (Å²) < 4.78 is 2.27. The normalized spacial score (nSPS) is 24.8. The van der Waals surface area contributed by atoms with Crippen molar-refractivity contribution in [1.82, 2.24) is 19.7 Å². The van der Waals surface area contributed by atoms with Crippen LogP contribution in [0.25, 0.3) is 0 Å². The molecule has 2 aliphatic heterocycles. The van der Waals surface area contributed by atoms with Gasteiger partial charge in [-0.05, 0) is 32.2 Å². The van der Waals surface area contributed by atoms with Gasteiger partial charge >= 0.3 is 0 Å². The lowest BCUT2D eigenvalue weighted by Gasteiger charge is -2.29. The van der Waals surface area contributed by atoms with E-state index < -0.39 is 0 Å². The number of piperidine rings is 1. The summed E-state index contributed by atoms with van der Waals surface area (Å²) in [4.78, 5) is 13.2. The summed E-state index contributed by atoms with van der Waals surface area (Å²) in [6.07, 6.45) is 6.78. The van der Waals surface area contributed by atoms with Gasteiger partial charge in [-0.2, -0.15) is 0 Å². The Morgan fingerprint density at radius 3 is 3.06 bits per heavy atom. The molecule has 1 saturated heterocycles. The third-order valence-electron chi connectivity index (χ3n) is 4.04. The smallest absolute Gasteiger partial charge is 0.147 e. The Morgan fingerprint density at radius 2 is 2.17 bits per heavy atom. The van der Waals surface area contributed by atoms with Gasteiger partial charge in [0.05, 0.1) is 6.54 Å². The molecule has 3 rings (SSSR count). The molecular weight excluding hydrogens is 228 g/mol. The highest BCUT2D eigenvalue weighted by molar-refractivity contribution is 5.53. The molecule has 1 aromatic heterocycles. The first kappa shape index (κ1) is 11.8. The first-order valence-corrected chi connectivity index (χ1v) is 6.95. The van der Waals surface area contributed by atoms with Gasteiger partial charge in [-0.15, -0.1) is 10.2 Å². The molecule has 0 aromatic carbocycles. The fraction of sp³-hybridized carbons (Fsp3) is 0.769. The van der Waals surface area contributed by atoms with Crippen LogP contribution in [0, 0.1) is 5.92 Å².